The fourth-order valence-corrected chi connectivity index (χ4v) is 7.72. The zero-order valence-corrected chi connectivity index (χ0v) is 41.6. The maximum atomic E-state index is 13.0. The van der Waals surface area contributed by atoms with Crippen LogP contribution in [0.2, 0.25) is 0 Å². The van der Waals surface area contributed by atoms with E-state index in [1.54, 1.807) is 0 Å². The molecule has 2 aliphatic rings. The summed E-state index contributed by atoms with van der Waals surface area (Å²) in [5, 5.41) is 72.1. The van der Waals surface area contributed by atoms with E-state index in [1.165, 1.54) is 32.1 Å². The molecular weight excluding hydrogens is 873 g/mol. The number of rotatable bonds is 40. The molecule has 2 aliphatic heterocycles. The van der Waals surface area contributed by atoms with Crippen LogP contribution in [0.5, 0.6) is 0 Å². The van der Waals surface area contributed by atoms with Crippen LogP contribution in [0.15, 0.2) is 72.9 Å². The van der Waals surface area contributed by atoms with E-state index < -0.39 is 86.7 Å². The largest absolute Gasteiger partial charge is 0.457 e. The predicted molar refractivity (Wildman–Crippen MR) is 265 cm³/mol. The van der Waals surface area contributed by atoms with Crippen LogP contribution in [0, 0.1) is 0 Å². The van der Waals surface area contributed by atoms with Crippen LogP contribution >= 0.6 is 0 Å². The van der Waals surface area contributed by atoms with E-state index in [1.807, 2.05) is 0 Å². The van der Waals surface area contributed by atoms with Crippen molar-refractivity contribution < 1.29 is 69.0 Å². The van der Waals surface area contributed by atoms with Gasteiger partial charge in [0.15, 0.2) is 12.6 Å². The minimum Gasteiger partial charge on any atom is -0.457 e. The molecule has 0 aliphatic carbocycles. The van der Waals surface area contributed by atoms with E-state index >= 15 is 0 Å². The molecule has 14 heteroatoms. The highest BCUT2D eigenvalue weighted by atomic mass is 16.7. The summed E-state index contributed by atoms with van der Waals surface area (Å²) >= 11 is 0. The first-order valence-corrected chi connectivity index (χ1v) is 26.0. The Morgan fingerprint density at radius 3 is 1.51 bits per heavy atom. The van der Waals surface area contributed by atoms with Gasteiger partial charge in [0.2, 0.25) is 0 Å². The van der Waals surface area contributed by atoms with Crippen molar-refractivity contribution in [2.75, 3.05) is 33.0 Å². The summed E-state index contributed by atoms with van der Waals surface area (Å²) in [5.41, 5.74) is 0. The summed E-state index contributed by atoms with van der Waals surface area (Å²) in [7, 11) is 0. The molecule has 0 aromatic heterocycles. The molecule has 2 fully saturated rings. The molecule has 0 radical (unpaired) electrons. The third-order valence-corrected chi connectivity index (χ3v) is 11.9. The third-order valence-electron chi connectivity index (χ3n) is 11.9. The van der Waals surface area contributed by atoms with E-state index in [0.29, 0.717) is 13.0 Å². The number of carbonyl (C=O) groups is 1. The fourth-order valence-electron chi connectivity index (χ4n) is 7.72. The SMILES string of the molecule is CC/C=C\C/C=C\C/C=C\C/C=C\C/C=C\CCCCCCOCC(COC1OC(COC2OC(CO)C(O)C(O)C2O)C(O)C(O)C1O)OC(=O)CCCCCCC/C=C\CCCCCCC. The molecule has 2 saturated heterocycles. The first-order valence-electron chi connectivity index (χ1n) is 26.0. The average Bonchev–Trinajstić information content (AvgIpc) is 3.33. The molecule has 0 aromatic carbocycles. The standard InChI is InChI=1S/C54H92O14/c1-3-5-7-9-11-13-15-17-19-20-21-22-23-24-26-28-30-32-34-36-38-63-40-43(66-46(56)37-35-33-31-29-27-25-18-16-14-12-10-8-6-4-2)41-64-53-52(62)50(60)48(58)45(68-53)42-65-54-51(61)49(59)47(57)44(39-55)67-54/h5,7,11,13,16-19,21-22,24,26,43-45,47-55,57-62H,3-4,6,8-10,12,14-15,20,23,25,27-42H2,1-2H3/b7-5-,13-11-,18-16-,19-17-,22-21-,26-24-. The molecule has 0 aromatic rings. The molecule has 68 heavy (non-hydrogen) atoms. The predicted octanol–water partition coefficient (Wildman–Crippen LogP) is 7.90. The summed E-state index contributed by atoms with van der Waals surface area (Å²) < 4.78 is 34.2. The van der Waals surface area contributed by atoms with E-state index in [2.05, 4.69) is 86.8 Å². The molecule has 2 heterocycles. The van der Waals surface area contributed by atoms with Gasteiger partial charge in [-0.25, -0.2) is 0 Å². The Labute approximate surface area is 408 Å². The minimum atomic E-state index is -1.72. The van der Waals surface area contributed by atoms with Gasteiger partial charge in [-0.15, -0.1) is 0 Å². The van der Waals surface area contributed by atoms with Crippen LogP contribution in [0.3, 0.4) is 0 Å². The Morgan fingerprint density at radius 2 is 0.956 bits per heavy atom. The van der Waals surface area contributed by atoms with Gasteiger partial charge in [0.1, 0.15) is 54.9 Å². The first kappa shape index (κ1) is 61.5. The Morgan fingerprint density at radius 1 is 0.500 bits per heavy atom. The van der Waals surface area contributed by atoms with Crippen LogP contribution in [0.25, 0.3) is 0 Å². The summed E-state index contributed by atoms with van der Waals surface area (Å²) in [5.74, 6) is -0.398. The van der Waals surface area contributed by atoms with Crippen molar-refractivity contribution in [3.05, 3.63) is 72.9 Å². The number of hydrogen-bond donors (Lipinski definition) is 7. The van der Waals surface area contributed by atoms with Crippen molar-refractivity contribution in [3.8, 4) is 0 Å². The Kier molecular flexibility index (Phi) is 37.2. The van der Waals surface area contributed by atoms with Crippen molar-refractivity contribution in [1.82, 2.24) is 0 Å². The van der Waals surface area contributed by atoms with Gasteiger partial charge in [-0.05, 0) is 83.5 Å². The van der Waals surface area contributed by atoms with Gasteiger partial charge < -0.3 is 64.2 Å². The molecular formula is C54H92O14. The zero-order chi connectivity index (χ0) is 49.5. The van der Waals surface area contributed by atoms with E-state index in [9.17, 15) is 40.5 Å². The lowest BCUT2D eigenvalue weighted by atomic mass is 9.98. The van der Waals surface area contributed by atoms with Crippen LogP contribution in [-0.2, 0) is 33.2 Å². The van der Waals surface area contributed by atoms with Gasteiger partial charge in [-0.3, -0.25) is 4.79 Å². The fraction of sp³-hybridized carbons (Fsp3) is 0.759. The average molecular weight is 965 g/mol. The molecule has 0 spiro atoms. The minimum absolute atomic E-state index is 0.0374. The lowest BCUT2D eigenvalue weighted by Gasteiger charge is -2.42. The lowest BCUT2D eigenvalue weighted by Crippen LogP contribution is -2.61. The molecule has 14 nitrogen and oxygen atoms in total. The van der Waals surface area contributed by atoms with Gasteiger partial charge in [0.25, 0.3) is 0 Å². The maximum Gasteiger partial charge on any atom is 0.306 e. The monoisotopic (exact) mass is 965 g/mol. The van der Waals surface area contributed by atoms with E-state index in [-0.39, 0.29) is 19.6 Å². The summed E-state index contributed by atoms with van der Waals surface area (Å²) in [6.45, 7) is 3.47. The van der Waals surface area contributed by atoms with Crippen molar-refractivity contribution in [3.63, 3.8) is 0 Å². The quantitative estimate of drug-likeness (QED) is 0.0177. The van der Waals surface area contributed by atoms with Crippen molar-refractivity contribution in [2.24, 2.45) is 0 Å². The molecule has 0 amide bonds. The smallest absolute Gasteiger partial charge is 0.306 e. The van der Waals surface area contributed by atoms with Gasteiger partial charge in [0.05, 0.1) is 26.4 Å². The van der Waals surface area contributed by atoms with Gasteiger partial charge >= 0.3 is 5.97 Å². The molecule has 392 valence electrons. The maximum absolute atomic E-state index is 13.0. The van der Waals surface area contributed by atoms with Gasteiger partial charge in [-0.1, -0.05) is 145 Å². The molecule has 7 N–H and O–H groups in total. The molecule has 2 rings (SSSR count). The molecule has 11 unspecified atom stereocenters. The zero-order valence-electron chi connectivity index (χ0n) is 41.6. The third kappa shape index (κ3) is 28.3. The van der Waals surface area contributed by atoms with Crippen LogP contribution in [0.4, 0.5) is 0 Å². The lowest BCUT2D eigenvalue weighted by molar-refractivity contribution is -0.332. The van der Waals surface area contributed by atoms with Crippen molar-refractivity contribution in [1.29, 1.82) is 0 Å². The van der Waals surface area contributed by atoms with Gasteiger partial charge in [-0.2, -0.15) is 0 Å². The number of esters is 1. The Balaban J connectivity index is 1.78. The van der Waals surface area contributed by atoms with Gasteiger partial charge in [0, 0.05) is 13.0 Å². The summed E-state index contributed by atoms with van der Waals surface area (Å²) in [6, 6.07) is 0. The second-order valence-electron chi connectivity index (χ2n) is 18.0. The molecule has 11 atom stereocenters. The summed E-state index contributed by atoms with van der Waals surface area (Å²) in [6.07, 6.45) is 33.9. The second-order valence-corrected chi connectivity index (χ2v) is 18.0. The first-order chi connectivity index (χ1) is 33.1. The molecule has 0 saturated carbocycles. The number of ether oxygens (including phenoxy) is 6. The number of unbranched alkanes of at least 4 members (excludes halogenated alkanes) is 14. The number of allylic oxidation sites excluding steroid dienone is 12. The van der Waals surface area contributed by atoms with Crippen LogP contribution in [-0.4, -0.2) is 142 Å². The number of carbonyl (C=O) groups excluding carboxylic acids is 1. The summed E-state index contributed by atoms with van der Waals surface area (Å²) in [4.78, 5) is 13.0. The highest BCUT2D eigenvalue weighted by Crippen LogP contribution is 2.26. The van der Waals surface area contributed by atoms with E-state index in [0.717, 1.165) is 103 Å². The molecule has 0 bridgehead atoms. The topological polar surface area (TPSA) is 214 Å². The highest BCUT2D eigenvalue weighted by Gasteiger charge is 2.47. The number of aliphatic hydroxyl groups excluding tert-OH is 7. The second kappa shape index (κ2) is 41.1. The van der Waals surface area contributed by atoms with E-state index in [4.69, 9.17) is 28.4 Å². The number of aliphatic hydroxyl groups is 7. The van der Waals surface area contributed by atoms with Crippen molar-refractivity contribution in [2.45, 2.75) is 229 Å². The number of hydrogen-bond acceptors (Lipinski definition) is 14. The Bertz CT molecular complexity index is 1400. The van der Waals surface area contributed by atoms with Crippen LogP contribution in [0.1, 0.15) is 162 Å². The highest BCUT2D eigenvalue weighted by molar-refractivity contribution is 5.69. The van der Waals surface area contributed by atoms with Crippen LogP contribution < -0.4 is 0 Å². The Hall–Kier alpha value is -2.57. The normalized spacial score (nSPS) is 26.5. The van der Waals surface area contributed by atoms with Crippen molar-refractivity contribution >= 4 is 5.97 Å².